The van der Waals surface area contributed by atoms with Gasteiger partial charge in [-0.15, -0.1) is 0 Å². The molecule has 132 valence electrons. The highest BCUT2D eigenvalue weighted by atomic mass is 15.0. The molecule has 0 bridgehead atoms. The van der Waals surface area contributed by atoms with E-state index in [0.717, 1.165) is 48.6 Å². The van der Waals surface area contributed by atoms with Gasteiger partial charge in [0, 0.05) is 35.4 Å². The fraction of sp³-hybridized carbons (Fsp3) is 0.333. The summed E-state index contributed by atoms with van der Waals surface area (Å²) in [4.78, 5) is 0. The molecular formula is C21H28N4. The molecule has 0 amide bonds. The minimum absolute atomic E-state index is 0.479. The van der Waals surface area contributed by atoms with Crippen molar-refractivity contribution in [2.75, 3.05) is 25.0 Å². The van der Waals surface area contributed by atoms with E-state index in [9.17, 15) is 0 Å². The Morgan fingerprint density at radius 2 is 2.04 bits per heavy atom. The summed E-state index contributed by atoms with van der Waals surface area (Å²) in [6.07, 6.45) is 12.1. The first-order valence-corrected chi connectivity index (χ1v) is 8.99. The van der Waals surface area contributed by atoms with Crippen LogP contribution < -0.4 is 32.1 Å². The van der Waals surface area contributed by atoms with E-state index in [1.807, 2.05) is 12.2 Å². The molecular weight excluding hydrogens is 308 g/mol. The smallest absolute Gasteiger partial charge is 0.0442 e. The number of dihydropyridines is 1. The molecule has 25 heavy (non-hydrogen) atoms. The number of nitrogens with two attached hydrogens (primary N) is 1. The fourth-order valence-electron chi connectivity index (χ4n) is 3.39. The Kier molecular flexibility index (Phi) is 5.61. The average Bonchev–Trinajstić information content (AvgIpc) is 2.63. The number of piperidine rings is 1. The molecule has 0 saturated carbocycles. The van der Waals surface area contributed by atoms with Crippen molar-refractivity contribution < 1.29 is 0 Å². The van der Waals surface area contributed by atoms with Gasteiger partial charge >= 0.3 is 0 Å². The second kappa shape index (κ2) is 8.08. The number of hydrogen-bond acceptors (Lipinski definition) is 4. The lowest BCUT2D eigenvalue weighted by atomic mass is 9.99. The molecule has 0 unspecified atom stereocenters. The fourth-order valence-corrected chi connectivity index (χ4v) is 3.39. The van der Waals surface area contributed by atoms with Gasteiger partial charge in [-0.05, 0) is 67.4 Å². The molecule has 0 spiro atoms. The molecule has 5 N–H and O–H groups in total. The van der Waals surface area contributed by atoms with E-state index in [1.54, 1.807) is 6.20 Å². The van der Waals surface area contributed by atoms with Crippen LogP contribution in [0.2, 0.25) is 0 Å². The Balaban J connectivity index is 2.05. The van der Waals surface area contributed by atoms with Gasteiger partial charge in [-0.3, -0.25) is 0 Å². The summed E-state index contributed by atoms with van der Waals surface area (Å²) >= 11 is 0. The summed E-state index contributed by atoms with van der Waals surface area (Å²) < 4.78 is 0. The highest BCUT2D eigenvalue weighted by molar-refractivity contribution is 5.73. The first-order chi connectivity index (χ1) is 12.2. The molecule has 4 nitrogen and oxygen atoms in total. The van der Waals surface area contributed by atoms with Crippen LogP contribution in [0.1, 0.15) is 25.3 Å². The van der Waals surface area contributed by atoms with Crippen LogP contribution in [0.5, 0.6) is 0 Å². The van der Waals surface area contributed by atoms with Crippen molar-refractivity contribution in [2.45, 2.75) is 25.8 Å². The van der Waals surface area contributed by atoms with Gasteiger partial charge in [-0.2, -0.15) is 0 Å². The first kappa shape index (κ1) is 17.4. The molecule has 2 aliphatic heterocycles. The van der Waals surface area contributed by atoms with Crippen LogP contribution in [-0.2, 0) is 0 Å². The van der Waals surface area contributed by atoms with Crippen molar-refractivity contribution in [3.8, 4) is 0 Å². The first-order valence-electron chi connectivity index (χ1n) is 8.99. The van der Waals surface area contributed by atoms with Gasteiger partial charge in [-0.1, -0.05) is 24.8 Å². The highest BCUT2D eigenvalue weighted by Crippen LogP contribution is 2.19. The predicted octanol–water partition coefficient (Wildman–Crippen LogP) is 1.40. The Bertz CT molecular complexity index is 811. The van der Waals surface area contributed by atoms with Gasteiger partial charge in [0.15, 0.2) is 0 Å². The van der Waals surface area contributed by atoms with Gasteiger partial charge in [0.05, 0.1) is 0 Å². The quantitative estimate of drug-likeness (QED) is 0.671. The van der Waals surface area contributed by atoms with Crippen LogP contribution in [0, 0.1) is 0 Å². The van der Waals surface area contributed by atoms with Gasteiger partial charge in [-0.25, -0.2) is 0 Å². The number of nitrogens with one attached hydrogen (secondary N) is 3. The molecule has 0 radical (unpaired) electrons. The summed E-state index contributed by atoms with van der Waals surface area (Å²) in [5.74, 6) is 0. The third-order valence-electron chi connectivity index (χ3n) is 4.84. The van der Waals surface area contributed by atoms with Gasteiger partial charge < -0.3 is 21.7 Å². The minimum atomic E-state index is 0.479. The van der Waals surface area contributed by atoms with Crippen LogP contribution in [0.25, 0.3) is 17.8 Å². The third kappa shape index (κ3) is 4.15. The van der Waals surface area contributed by atoms with Crippen LogP contribution in [-0.4, -0.2) is 25.7 Å². The monoisotopic (exact) mass is 336 g/mol. The van der Waals surface area contributed by atoms with Gasteiger partial charge in [0.1, 0.15) is 0 Å². The summed E-state index contributed by atoms with van der Waals surface area (Å²) in [6, 6.07) is 4.89. The lowest BCUT2D eigenvalue weighted by Gasteiger charge is -2.25. The molecule has 3 rings (SSSR count). The molecule has 0 aromatic heterocycles. The molecule has 1 aromatic carbocycles. The summed E-state index contributed by atoms with van der Waals surface area (Å²) in [5.41, 5.74) is 10.8. The highest BCUT2D eigenvalue weighted by Gasteiger charge is 2.14. The molecule has 1 fully saturated rings. The molecule has 2 aliphatic rings. The van der Waals surface area contributed by atoms with E-state index in [1.165, 1.54) is 16.8 Å². The van der Waals surface area contributed by atoms with Crippen LogP contribution in [0.3, 0.4) is 0 Å². The number of benzene rings is 1. The Morgan fingerprint density at radius 1 is 1.24 bits per heavy atom. The lowest BCUT2D eigenvalue weighted by molar-refractivity contribution is 0.479. The molecule has 4 heteroatoms. The number of hydrogen-bond donors (Lipinski definition) is 4. The summed E-state index contributed by atoms with van der Waals surface area (Å²) in [7, 11) is 0. The van der Waals surface area contributed by atoms with E-state index >= 15 is 0 Å². The van der Waals surface area contributed by atoms with Crippen molar-refractivity contribution >= 4 is 23.5 Å². The zero-order chi connectivity index (χ0) is 17.6. The van der Waals surface area contributed by atoms with E-state index in [4.69, 9.17) is 5.73 Å². The Hall–Kier alpha value is -2.46. The van der Waals surface area contributed by atoms with E-state index in [2.05, 4.69) is 53.7 Å². The normalized spacial score (nSPS) is 19.9. The Morgan fingerprint density at radius 3 is 2.68 bits per heavy atom. The van der Waals surface area contributed by atoms with Crippen LogP contribution in [0.15, 0.2) is 42.6 Å². The SMILES string of the molecule is C=C/C=c1/cc(C2=CC=C(C)NC2)cc(NC2CCNCC2)/c1=C/N. The lowest BCUT2D eigenvalue weighted by Crippen LogP contribution is -2.38. The summed E-state index contributed by atoms with van der Waals surface area (Å²) in [5, 5.41) is 12.7. The molecule has 0 aliphatic carbocycles. The maximum Gasteiger partial charge on any atom is 0.0442 e. The third-order valence-corrected chi connectivity index (χ3v) is 4.84. The number of rotatable bonds is 4. The standard InChI is InChI=1S/C21H28N4/c1-3-4-16-11-18(17-6-5-15(2)24-14-17)12-21(20(16)13-22)25-19-7-9-23-10-8-19/h3-6,11-13,19,23-25H,1,7-10,14,22H2,2H3/b16-4-,20-13+. The van der Waals surface area contributed by atoms with E-state index in [-0.39, 0.29) is 0 Å². The predicted molar refractivity (Wildman–Crippen MR) is 108 cm³/mol. The topological polar surface area (TPSA) is 62.1 Å². The van der Waals surface area contributed by atoms with Crippen LogP contribution in [0.4, 0.5) is 5.69 Å². The maximum atomic E-state index is 5.97. The molecule has 2 heterocycles. The molecule has 1 saturated heterocycles. The summed E-state index contributed by atoms with van der Waals surface area (Å²) in [6.45, 7) is 8.90. The number of allylic oxidation sites excluding steroid dienone is 4. The van der Waals surface area contributed by atoms with Crippen LogP contribution >= 0.6 is 0 Å². The Labute approximate surface area is 149 Å². The van der Waals surface area contributed by atoms with Crippen molar-refractivity contribution in [1.29, 1.82) is 0 Å². The maximum absolute atomic E-state index is 5.97. The number of anilines is 1. The van der Waals surface area contributed by atoms with Gasteiger partial charge in [0.25, 0.3) is 0 Å². The van der Waals surface area contributed by atoms with Gasteiger partial charge in [0.2, 0.25) is 0 Å². The van der Waals surface area contributed by atoms with E-state index < -0.39 is 0 Å². The zero-order valence-corrected chi connectivity index (χ0v) is 14.9. The second-order valence-electron chi connectivity index (χ2n) is 6.66. The zero-order valence-electron chi connectivity index (χ0n) is 14.9. The molecule has 0 atom stereocenters. The second-order valence-corrected chi connectivity index (χ2v) is 6.66. The van der Waals surface area contributed by atoms with Crippen molar-refractivity contribution in [1.82, 2.24) is 10.6 Å². The minimum Gasteiger partial charge on any atom is -0.404 e. The van der Waals surface area contributed by atoms with E-state index in [0.29, 0.717) is 6.04 Å². The molecule has 1 aromatic rings. The van der Waals surface area contributed by atoms with Crippen molar-refractivity contribution in [3.63, 3.8) is 0 Å². The average molecular weight is 336 g/mol. The van der Waals surface area contributed by atoms with Crippen molar-refractivity contribution in [2.24, 2.45) is 5.73 Å². The van der Waals surface area contributed by atoms with Crippen molar-refractivity contribution in [3.05, 3.63) is 58.6 Å². The largest absolute Gasteiger partial charge is 0.404 e.